The quantitative estimate of drug-likeness (QED) is 0.743. The average molecular weight is 363 g/mol. The van der Waals surface area contributed by atoms with Crippen molar-refractivity contribution in [3.63, 3.8) is 0 Å². The third kappa shape index (κ3) is 3.29. The third-order valence-corrected chi connectivity index (χ3v) is 5.21. The van der Waals surface area contributed by atoms with Crippen molar-refractivity contribution in [1.29, 1.82) is 0 Å². The molecule has 0 radical (unpaired) electrons. The van der Waals surface area contributed by atoms with Gasteiger partial charge in [0.15, 0.2) is 17.3 Å². The Labute approximate surface area is 159 Å². The second-order valence-corrected chi connectivity index (χ2v) is 7.60. The van der Waals surface area contributed by atoms with Gasteiger partial charge in [-0.2, -0.15) is 0 Å². The molecule has 1 aliphatic rings. The first-order chi connectivity index (χ1) is 13.1. The maximum atomic E-state index is 10.6. The summed E-state index contributed by atoms with van der Waals surface area (Å²) in [5.74, 6) is 3.20. The van der Waals surface area contributed by atoms with Crippen LogP contribution in [0.2, 0.25) is 0 Å². The fourth-order valence-electron chi connectivity index (χ4n) is 4.12. The summed E-state index contributed by atoms with van der Waals surface area (Å²) in [5.41, 5.74) is 1.46. The van der Waals surface area contributed by atoms with Crippen molar-refractivity contribution in [3.05, 3.63) is 42.5 Å². The average Bonchev–Trinajstić information content (AvgIpc) is 2.66. The van der Waals surface area contributed by atoms with Crippen LogP contribution in [0, 0.1) is 11.8 Å². The van der Waals surface area contributed by atoms with Crippen LogP contribution < -0.4 is 9.64 Å². The van der Waals surface area contributed by atoms with Crippen LogP contribution in [0.15, 0.2) is 42.5 Å². The Hall–Kier alpha value is -2.82. The number of fused-ring (bicyclic) bond motifs is 1. The summed E-state index contributed by atoms with van der Waals surface area (Å²) in [5, 5.41) is 11.6. The van der Waals surface area contributed by atoms with Crippen molar-refractivity contribution in [2.24, 2.45) is 11.8 Å². The van der Waals surface area contributed by atoms with Gasteiger partial charge in [-0.15, -0.1) is 0 Å². The fraction of sp³-hybridized carbons (Fsp3) is 0.364. The molecule has 0 aliphatic carbocycles. The van der Waals surface area contributed by atoms with E-state index in [1.165, 1.54) is 6.42 Å². The molecule has 0 spiro atoms. The number of aromatic nitrogens is 2. The van der Waals surface area contributed by atoms with Crippen LogP contribution in [-0.4, -0.2) is 35.3 Å². The van der Waals surface area contributed by atoms with Crippen LogP contribution in [-0.2, 0) is 0 Å². The van der Waals surface area contributed by atoms with Gasteiger partial charge in [0.25, 0.3) is 0 Å². The maximum absolute atomic E-state index is 10.6. The maximum Gasteiger partial charge on any atom is 0.168 e. The summed E-state index contributed by atoms with van der Waals surface area (Å²) >= 11 is 0. The second kappa shape index (κ2) is 7.06. The Bertz CT molecular complexity index is 963. The van der Waals surface area contributed by atoms with Crippen LogP contribution >= 0.6 is 0 Å². The van der Waals surface area contributed by atoms with Crippen LogP contribution in [0.4, 0.5) is 5.82 Å². The van der Waals surface area contributed by atoms with Gasteiger partial charge >= 0.3 is 0 Å². The lowest BCUT2D eigenvalue weighted by Crippen LogP contribution is -2.39. The zero-order valence-corrected chi connectivity index (χ0v) is 16.0. The topological polar surface area (TPSA) is 58.5 Å². The van der Waals surface area contributed by atoms with Crippen LogP contribution in [0.5, 0.6) is 11.5 Å². The molecular formula is C22H25N3O2. The lowest BCUT2D eigenvalue weighted by Gasteiger charge is -2.36. The van der Waals surface area contributed by atoms with Gasteiger partial charge in [0.05, 0.1) is 18.2 Å². The highest BCUT2D eigenvalue weighted by Crippen LogP contribution is 2.38. The summed E-state index contributed by atoms with van der Waals surface area (Å²) < 4.78 is 5.25. The number of para-hydroxylation sites is 2. The van der Waals surface area contributed by atoms with Crippen molar-refractivity contribution in [3.8, 4) is 22.9 Å². The molecule has 5 nitrogen and oxygen atoms in total. The molecule has 1 aromatic heterocycles. The number of phenols is 1. The van der Waals surface area contributed by atoms with E-state index < -0.39 is 0 Å². The zero-order valence-electron chi connectivity index (χ0n) is 16.0. The number of ether oxygens (including phenoxy) is 1. The van der Waals surface area contributed by atoms with Gasteiger partial charge in [0.2, 0.25) is 0 Å². The van der Waals surface area contributed by atoms with Crippen molar-refractivity contribution >= 4 is 16.7 Å². The minimum absolute atomic E-state index is 0.0709. The molecule has 0 amide bonds. The van der Waals surface area contributed by atoms with Crippen LogP contribution in [0.3, 0.4) is 0 Å². The van der Waals surface area contributed by atoms with Gasteiger partial charge in [-0.3, -0.25) is 0 Å². The molecule has 3 aromatic rings. The Morgan fingerprint density at radius 1 is 1.00 bits per heavy atom. The Kier molecular flexibility index (Phi) is 4.60. The van der Waals surface area contributed by atoms with Gasteiger partial charge in [0.1, 0.15) is 5.82 Å². The molecule has 1 N–H and O–H groups in total. The van der Waals surface area contributed by atoms with E-state index >= 15 is 0 Å². The van der Waals surface area contributed by atoms with Crippen molar-refractivity contribution in [2.45, 2.75) is 20.3 Å². The molecule has 2 aromatic carbocycles. The monoisotopic (exact) mass is 363 g/mol. The standard InChI is InChI=1S/C22H25N3O2/c1-14-11-15(2)13-25(12-14)22-16-7-4-5-9-18(16)23-21(24-22)17-8-6-10-19(27-3)20(17)26/h4-10,14-15,26H,11-13H2,1-3H3/t14-,15-/m0/s1. The SMILES string of the molecule is COc1cccc(-c2nc(N3C[C@@H](C)C[C@H](C)C3)c3ccccc3n2)c1O. The zero-order chi connectivity index (χ0) is 19.0. The molecule has 5 heteroatoms. The molecule has 27 heavy (non-hydrogen) atoms. The Balaban J connectivity index is 1.89. The summed E-state index contributed by atoms with van der Waals surface area (Å²) in [6.45, 7) is 6.55. The van der Waals surface area contributed by atoms with Gasteiger partial charge in [-0.05, 0) is 42.5 Å². The minimum atomic E-state index is 0.0709. The number of phenolic OH excluding ortho intramolecular Hbond substituents is 1. The summed E-state index contributed by atoms with van der Waals surface area (Å²) in [7, 11) is 1.54. The predicted molar refractivity (Wildman–Crippen MR) is 108 cm³/mol. The third-order valence-electron chi connectivity index (χ3n) is 5.21. The Morgan fingerprint density at radius 3 is 2.48 bits per heavy atom. The number of methoxy groups -OCH3 is 1. The lowest BCUT2D eigenvalue weighted by molar-refractivity contribution is 0.356. The van der Waals surface area contributed by atoms with Crippen LogP contribution in [0.1, 0.15) is 20.3 Å². The van der Waals surface area contributed by atoms with E-state index in [9.17, 15) is 5.11 Å². The van der Waals surface area contributed by atoms with Gasteiger partial charge < -0.3 is 14.7 Å². The van der Waals surface area contributed by atoms with Crippen LogP contribution in [0.25, 0.3) is 22.3 Å². The van der Waals surface area contributed by atoms with E-state index in [0.717, 1.165) is 29.8 Å². The van der Waals surface area contributed by atoms with Gasteiger partial charge in [-0.25, -0.2) is 9.97 Å². The summed E-state index contributed by atoms with van der Waals surface area (Å²) in [6.07, 6.45) is 1.24. The first kappa shape index (κ1) is 17.6. The molecule has 4 rings (SSSR count). The molecule has 0 bridgehead atoms. The van der Waals surface area contributed by atoms with E-state index in [1.807, 2.05) is 30.3 Å². The van der Waals surface area contributed by atoms with Crippen molar-refractivity contribution in [2.75, 3.05) is 25.1 Å². The fourth-order valence-corrected chi connectivity index (χ4v) is 4.12. The summed E-state index contributed by atoms with van der Waals surface area (Å²) in [6, 6.07) is 13.5. The second-order valence-electron chi connectivity index (χ2n) is 7.60. The van der Waals surface area contributed by atoms with Gasteiger partial charge in [-0.1, -0.05) is 32.0 Å². The highest BCUT2D eigenvalue weighted by Gasteiger charge is 2.25. The number of benzene rings is 2. The number of anilines is 1. The molecule has 0 saturated carbocycles. The van der Waals surface area contributed by atoms with E-state index in [2.05, 4.69) is 24.8 Å². The van der Waals surface area contributed by atoms with Gasteiger partial charge in [0, 0.05) is 18.5 Å². The first-order valence-corrected chi connectivity index (χ1v) is 9.45. The molecule has 2 atom stereocenters. The normalized spacial score (nSPS) is 20.0. The van der Waals surface area contributed by atoms with E-state index in [0.29, 0.717) is 29.0 Å². The molecule has 2 heterocycles. The number of nitrogens with zero attached hydrogens (tertiary/aromatic N) is 3. The number of hydrogen-bond donors (Lipinski definition) is 1. The highest BCUT2D eigenvalue weighted by atomic mass is 16.5. The number of hydrogen-bond acceptors (Lipinski definition) is 5. The molecule has 140 valence electrons. The smallest absolute Gasteiger partial charge is 0.168 e. The molecule has 1 saturated heterocycles. The minimum Gasteiger partial charge on any atom is -0.504 e. The summed E-state index contributed by atoms with van der Waals surface area (Å²) in [4.78, 5) is 12.0. The van der Waals surface area contributed by atoms with Crippen molar-refractivity contribution < 1.29 is 9.84 Å². The molecule has 0 unspecified atom stereocenters. The lowest BCUT2D eigenvalue weighted by atomic mass is 9.92. The highest BCUT2D eigenvalue weighted by molar-refractivity contribution is 5.91. The number of rotatable bonds is 3. The number of aromatic hydroxyl groups is 1. The van der Waals surface area contributed by atoms with E-state index in [1.54, 1.807) is 13.2 Å². The van der Waals surface area contributed by atoms with E-state index in [4.69, 9.17) is 14.7 Å². The molecule has 1 fully saturated rings. The number of piperidine rings is 1. The predicted octanol–water partition coefficient (Wildman–Crippen LogP) is 4.49. The van der Waals surface area contributed by atoms with Crippen molar-refractivity contribution in [1.82, 2.24) is 9.97 Å². The largest absolute Gasteiger partial charge is 0.504 e. The first-order valence-electron chi connectivity index (χ1n) is 9.45. The van der Waals surface area contributed by atoms with E-state index in [-0.39, 0.29) is 5.75 Å². The molecule has 1 aliphatic heterocycles. The Morgan fingerprint density at radius 2 is 1.74 bits per heavy atom. The molecular weight excluding hydrogens is 338 g/mol.